The Morgan fingerprint density at radius 2 is 2.17 bits per heavy atom. The van der Waals surface area contributed by atoms with Crippen molar-refractivity contribution in [1.82, 2.24) is 9.88 Å². The molecule has 122 valence electrons. The third-order valence-corrected chi connectivity index (χ3v) is 4.59. The fourth-order valence-electron chi connectivity index (χ4n) is 2.38. The number of rotatable bonds is 2. The van der Waals surface area contributed by atoms with E-state index in [4.69, 9.17) is 0 Å². The first-order valence-electron chi connectivity index (χ1n) is 6.98. The van der Waals surface area contributed by atoms with Gasteiger partial charge in [-0.2, -0.15) is 13.2 Å². The first-order valence-corrected chi connectivity index (χ1v) is 7.80. The van der Waals surface area contributed by atoms with E-state index in [2.05, 4.69) is 15.2 Å². The number of thiazole rings is 1. The number of alkyl halides is 3. The molecule has 0 radical (unpaired) electrons. The fourth-order valence-corrected chi connectivity index (χ4v) is 3.47. The van der Waals surface area contributed by atoms with E-state index in [0.29, 0.717) is 5.13 Å². The molecule has 0 spiro atoms. The normalized spacial score (nSPS) is 15.3. The number of fused-ring (bicyclic) bond motifs is 1. The number of benzene rings is 1. The van der Waals surface area contributed by atoms with Gasteiger partial charge in [-0.3, -0.25) is 10.1 Å². The average molecular weight is 341 g/mol. The first kappa shape index (κ1) is 15.9. The van der Waals surface area contributed by atoms with E-state index in [9.17, 15) is 18.0 Å². The number of hydrogen-bond donors (Lipinski definition) is 1. The van der Waals surface area contributed by atoms with Crippen molar-refractivity contribution in [2.75, 3.05) is 18.9 Å². The molecule has 1 N–H and O–H groups in total. The summed E-state index contributed by atoms with van der Waals surface area (Å²) in [5.41, 5.74) is 0.0720. The molecular weight excluding hydrogens is 327 g/mol. The maximum absolute atomic E-state index is 12.7. The number of carbonyl (C=O) groups is 1. The Hall–Kier alpha value is -1.93. The molecule has 1 aliphatic rings. The first-order chi connectivity index (χ1) is 10.8. The predicted molar refractivity (Wildman–Crippen MR) is 81.5 cm³/mol. The van der Waals surface area contributed by atoms with Crippen LogP contribution in [0.2, 0.25) is 0 Å². The molecule has 1 aromatic carbocycles. The smallest absolute Gasteiger partial charge is 0.301 e. The van der Waals surface area contributed by atoms with Crippen molar-refractivity contribution in [2.45, 2.75) is 19.1 Å². The molecule has 8 heteroatoms. The Morgan fingerprint density at radius 1 is 1.39 bits per heavy atom. The summed E-state index contributed by atoms with van der Waals surface area (Å²) in [6.45, 7) is 1.67. The van der Waals surface area contributed by atoms with Gasteiger partial charge in [0.05, 0.1) is 11.3 Å². The van der Waals surface area contributed by atoms with E-state index in [1.54, 1.807) is 0 Å². The molecule has 23 heavy (non-hydrogen) atoms. The summed E-state index contributed by atoms with van der Waals surface area (Å²) in [5.74, 6) is -0.587. The molecule has 1 aliphatic heterocycles. The van der Waals surface area contributed by atoms with Crippen LogP contribution < -0.4 is 5.32 Å². The Bertz CT molecular complexity index is 742. The van der Waals surface area contributed by atoms with Gasteiger partial charge in [-0.05, 0) is 25.2 Å². The maximum Gasteiger partial charge on any atom is 0.416 e. The summed E-state index contributed by atoms with van der Waals surface area (Å²) in [4.78, 5) is 19.7. The van der Waals surface area contributed by atoms with Crippen molar-refractivity contribution < 1.29 is 18.0 Å². The zero-order valence-corrected chi connectivity index (χ0v) is 13.1. The average Bonchev–Trinajstić information content (AvgIpc) is 2.87. The standard InChI is InChI=1S/C15H14F3N3OS/c1-21-6-5-11-12(8-21)23-14(19-11)20-13(22)9-3-2-4-10(7-9)15(16,17)18/h2-4,7H,5-6,8H2,1H3,(H,19,20,22). The number of nitrogens with zero attached hydrogens (tertiary/aromatic N) is 2. The van der Waals surface area contributed by atoms with Crippen LogP contribution in [0.3, 0.4) is 0 Å². The minimum atomic E-state index is -4.47. The lowest BCUT2D eigenvalue weighted by atomic mass is 10.1. The summed E-state index contributed by atoms with van der Waals surface area (Å²) in [5, 5.41) is 3.02. The van der Waals surface area contributed by atoms with Crippen LogP contribution in [0, 0.1) is 0 Å². The third kappa shape index (κ3) is 3.53. The highest BCUT2D eigenvalue weighted by molar-refractivity contribution is 7.15. The van der Waals surface area contributed by atoms with E-state index in [1.165, 1.54) is 23.5 Å². The van der Waals surface area contributed by atoms with Crippen LogP contribution in [-0.2, 0) is 19.1 Å². The van der Waals surface area contributed by atoms with Crippen LogP contribution in [0.4, 0.5) is 18.3 Å². The molecule has 0 fully saturated rings. The van der Waals surface area contributed by atoms with E-state index < -0.39 is 17.6 Å². The van der Waals surface area contributed by atoms with Gasteiger partial charge >= 0.3 is 6.18 Å². The largest absolute Gasteiger partial charge is 0.416 e. The van der Waals surface area contributed by atoms with Gasteiger partial charge in [0, 0.05) is 30.0 Å². The molecule has 0 saturated heterocycles. The summed E-state index contributed by atoms with van der Waals surface area (Å²) in [6.07, 6.45) is -3.66. The zero-order chi connectivity index (χ0) is 16.6. The van der Waals surface area contributed by atoms with Crippen molar-refractivity contribution in [3.05, 3.63) is 46.0 Å². The lowest BCUT2D eigenvalue weighted by Crippen LogP contribution is -2.25. The van der Waals surface area contributed by atoms with Crippen molar-refractivity contribution >= 4 is 22.4 Å². The van der Waals surface area contributed by atoms with E-state index in [1.807, 2.05) is 7.05 Å². The molecule has 4 nitrogen and oxygen atoms in total. The van der Waals surface area contributed by atoms with Crippen LogP contribution in [0.15, 0.2) is 24.3 Å². The van der Waals surface area contributed by atoms with Crippen molar-refractivity contribution in [3.8, 4) is 0 Å². The molecule has 2 aromatic rings. The molecular formula is C15H14F3N3OS. The van der Waals surface area contributed by atoms with Crippen LogP contribution in [0.25, 0.3) is 0 Å². The Labute approximate surface area is 135 Å². The summed E-state index contributed by atoms with van der Waals surface area (Å²) < 4.78 is 38.1. The van der Waals surface area contributed by atoms with Crippen LogP contribution >= 0.6 is 11.3 Å². The molecule has 1 amide bonds. The summed E-state index contributed by atoms with van der Waals surface area (Å²) in [6, 6.07) is 4.36. The van der Waals surface area contributed by atoms with Gasteiger partial charge < -0.3 is 4.90 Å². The quantitative estimate of drug-likeness (QED) is 0.911. The van der Waals surface area contributed by atoms with Gasteiger partial charge in [-0.1, -0.05) is 6.07 Å². The number of aromatic nitrogens is 1. The molecule has 2 heterocycles. The highest BCUT2D eigenvalue weighted by atomic mass is 32.1. The van der Waals surface area contributed by atoms with E-state index in [-0.39, 0.29) is 5.56 Å². The minimum absolute atomic E-state index is 0.0369. The summed E-state index contributed by atoms with van der Waals surface area (Å²) in [7, 11) is 2.00. The molecule has 0 bridgehead atoms. The van der Waals surface area contributed by atoms with Gasteiger partial charge in [-0.15, -0.1) is 11.3 Å². The topological polar surface area (TPSA) is 45.2 Å². The van der Waals surface area contributed by atoms with Crippen molar-refractivity contribution in [2.24, 2.45) is 0 Å². The number of anilines is 1. The molecule has 1 aromatic heterocycles. The maximum atomic E-state index is 12.7. The number of likely N-dealkylation sites (N-methyl/N-ethyl adjacent to an activating group) is 1. The Kier molecular flexibility index (Phi) is 4.11. The van der Waals surface area contributed by atoms with Gasteiger partial charge in [0.25, 0.3) is 5.91 Å². The number of carbonyl (C=O) groups excluding carboxylic acids is 1. The monoisotopic (exact) mass is 341 g/mol. The zero-order valence-electron chi connectivity index (χ0n) is 12.3. The molecule has 0 unspecified atom stereocenters. The van der Waals surface area contributed by atoms with E-state index >= 15 is 0 Å². The van der Waals surface area contributed by atoms with Crippen LogP contribution in [0.5, 0.6) is 0 Å². The van der Waals surface area contributed by atoms with Gasteiger partial charge in [0.1, 0.15) is 0 Å². The number of nitrogens with one attached hydrogen (secondary N) is 1. The second-order valence-electron chi connectivity index (χ2n) is 5.41. The minimum Gasteiger partial charge on any atom is -0.301 e. The highest BCUT2D eigenvalue weighted by Crippen LogP contribution is 2.30. The van der Waals surface area contributed by atoms with Crippen molar-refractivity contribution in [1.29, 1.82) is 0 Å². The predicted octanol–water partition coefficient (Wildman–Crippen LogP) is 3.40. The van der Waals surface area contributed by atoms with Crippen molar-refractivity contribution in [3.63, 3.8) is 0 Å². The van der Waals surface area contributed by atoms with Gasteiger partial charge in [0.2, 0.25) is 0 Å². The Balaban J connectivity index is 1.77. The molecule has 0 atom stereocenters. The molecule has 0 saturated carbocycles. The number of halogens is 3. The van der Waals surface area contributed by atoms with Gasteiger partial charge in [0.15, 0.2) is 5.13 Å². The Morgan fingerprint density at radius 3 is 2.91 bits per heavy atom. The second kappa shape index (κ2) is 5.93. The number of amides is 1. The highest BCUT2D eigenvalue weighted by Gasteiger charge is 2.31. The molecule has 3 rings (SSSR count). The van der Waals surface area contributed by atoms with Gasteiger partial charge in [-0.25, -0.2) is 4.98 Å². The summed E-state index contributed by atoms with van der Waals surface area (Å²) >= 11 is 1.36. The van der Waals surface area contributed by atoms with E-state index in [0.717, 1.165) is 42.2 Å². The lowest BCUT2D eigenvalue weighted by molar-refractivity contribution is -0.137. The third-order valence-electron chi connectivity index (χ3n) is 3.59. The SMILES string of the molecule is CN1CCc2nc(NC(=O)c3cccc(C(F)(F)F)c3)sc2C1. The molecule has 0 aliphatic carbocycles. The lowest BCUT2D eigenvalue weighted by Gasteiger charge is -2.20. The van der Waals surface area contributed by atoms with Crippen LogP contribution in [-0.4, -0.2) is 29.4 Å². The fraction of sp³-hybridized carbons (Fsp3) is 0.333. The van der Waals surface area contributed by atoms with Crippen LogP contribution in [0.1, 0.15) is 26.5 Å². The number of hydrogen-bond acceptors (Lipinski definition) is 4. The second-order valence-corrected chi connectivity index (χ2v) is 6.49.